The highest BCUT2D eigenvalue weighted by atomic mass is 16.6. The maximum Gasteiger partial charge on any atom is 0.410 e. The molecule has 1 saturated heterocycles. The molecular formula is C16H22N2O4. The lowest BCUT2D eigenvalue weighted by atomic mass is 10.0. The predicted octanol–water partition coefficient (Wildman–Crippen LogP) is 1.98. The summed E-state index contributed by atoms with van der Waals surface area (Å²) in [7, 11) is 0. The summed E-state index contributed by atoms with van der Waals surface area (Å²) in [6.45, 7) is 0.791. The SMILES string of the molecule is N[C@H]1CCN(C(=O)OCc2ccccc2)[C@@H]1CCCC(=O)O. The van der Waals surface area contributed by atoms with Crippen LogP contribution in [0.15, 0.2) is 30.3 Å². The Balaban J connectivity index is 1.85. The molecule has 2 rings (SSSR count). The van der Waals surface area contributed by atoms with Crippen molar-refractivity contribution in [3.05, 3.63) is 35.9 Å². The minimum Gasteiger partial charge on any atom is -0.481 e. The van der Waals surface area contributed by atoms with E-state index in [9.17, 15) is 9.59 Å². The molecule has 0 saturated carbocycles. The zero-order valence-electron chi connectivity index (χ0n) is 12.5. The first-order chi connectivity index (χ1) is 10.6. The number of nitrogens with zero attached hydrogens (tertiary/aromatic N) is 1. The Bertz CT molecular complexity index is 506. The summed E-state index contributed by atoms with van der Waals surface area (Å²) in [4.78, 5) is 24.4. The van der Waals surface area contributed by atoms with E-state index >= 15 is 0 Å². The summed E-state index contributed by atoms with van der Waals surface area (Å²) in [5, 5.41) is 8.70. The summed E-state index contributed by atoms with van der Waals surface area (Å²) in [5.74, 6) is -0.829. The second-order valence-corrected chi connectivity index (χ2v) is 5.54. The summed E-state index contributed by atoms with van der Waals surface area (Å²) < 4.78 is 5.33. The van der Waals surface area contributed by atoms with E-state index in [2.05, 4.69) is 0 Å². The van der Waals surface area contributed by atoms with E-state index in [4.69, 9.17) is 15.6 Å². The molecule has 22 heavy (non-hydrogen) atoms. The van der Waals surface area contributed by atoms with E-state index in [1.165, 1.54) is 0 Å². The molecule has 1 fully saturated rings. The number of likely N-dealkylation sites (tertiary alicyclic amines) is 1. The molecule has 1 aliphatic heterocycles. The Kier molecular flexibility index (Phi) is 5.77. The number of amides is 1. The molecule has 3 N–H and O–H groups in total. The van der Waals surface area contributed by atoms with E-state index in [1.54, 1.807) is 4.90 Å². The highest BCUT2D eigenvalue weighted by molar-refractivity contribution is 5.69. The van der Waals surface area contributed by atoms with Gasteiger partial charge in [-0.25, -0.2) is 4.79 Å². The van der Waals surface area contributed by atoms with Gasteiger partial charge in [0, 0.05) is 19.0 Å². The smallest absolute Gasteiger partial charge is 0.410 e. The van der Waals surface area contributed by atoms with Gasteiger partial charge in [0.2, 0.25) is 0 Å². The molecule has 0 aromatic heterocycles. The number of nitrogens with two attached hydrogens (primary N) is 1. The molecule has 0 aliphatic carbocycles. The summed E-state index contributed by atoms with van der Waals surface area (Å²) in [6, 6.07) is 9.23. The predicted molar refractivity (Wildman–Crippen MR) is 81.2 cm³/mol. The van der Waals surface area contributed by atoms with Gasteiger partial charge in [-0.05, 0) is 24.8 Å². The van der Waals surface area contributed by atoms with Crippen molar-refractivity contribution in [1.29, 1.82) is 0 Å². The van der Waals surface area contributed by atoms with Gasteiger partial charge in [-0.1, -0.05) is 30.3 Å². The lowest BCUT2D eigenvalue weighted by molar-refractivity contribution is -0.137. The number of hydrogen-bond acceptors (Lipinski definition) is 4. The first kappa shape index (κ1) is 16.3. The van der Waals surface area contributed by atoms with E-state index < -0.39 is 5.97 Å². The van der Waals surface area contributed by atoms with Crippen LogP contribution < -0.4 is 5.73 Å². The van der Waals surface area contributed by atoms with Crippen LogP contribution in [0.1, 0.15) is 31.2 Å². The average molecular weight is 306 g/mol. The zero-order chi connectivity index (χ0) is 15.9. The molecule has 1 heterocycles. The number of carbonyl (C=O) groups excluding carboxylic acids is 1. The van der Waals surface area contributed by atoms with Crippen LogP contribution in [0.4, 0.5) is 4.79 Å². The number of ether oxygens (including phenoxy) is 1. The van der Waals surface area contributed by atoms with Gasteiger partial charge in [-0.3, -0.25) is 4.79 Å². The van der Waals surface area contributed by atoms with Gasteiger partial charge >= 0.3 is 12.1 Å². The van der Waals surface area contributed by atoms with Crippen LogP contribution >= 0.6 is 0 Å². The van der Waals surface area contributed by atoms with Crippen LogP contribution in [0, 0.1) is 0 Å². The number of carboxylic acids is 1. The number of rotatable bonds is 6. The van der Waals surface area contributed by atoms with Gasteiger partial charge < -0.3 is 20.5 Å². The second kappa shape index (κ2) is 7.79. The van der Waals surface area contributed by atoms with E-state index in [0.29, 0.717) is 19.4 Å². The van der Waals surface area contributed by atoms with Gasteiger partial charge in [0.1, 0.15) is 6.61 Å². The Morgan fingerprint density at radius 2 is 2.05 bits per heavy atom. The molecule has 6 heteroatoms. The van der Waals surface area contributed by atoms with Gasteiger partial charge in [-0.15, -0.1) is 0 Å². The lowest BCUT2D eigenvalue weighted by Gasteiger charge is -2.26. The standard InChI is InChI=1S/C16H22N2O4/c17-13-9-10-18(14(13)7-4-8-15(19)20)16(21)22-11-12-5-2-1-3-6-12/h1-3,5-6,13-14H,4,7-11,17H2,(H,19,20)/t13-,14+/m0/s1. The fourth-order valence-electron chi connectivity index (χ4n) is 2.74. The number of carbonyl (C=O) groups is 2. The maximum absolute atomic E-state index is 12.2. The Morgan fingerprint density at radius 3 is 2.73 bits per heavy atom. The molecule has 1 amide bonds. The minimum atomic E-state index is -0.829. The minimum absolute atomic E-state index is 0.0934. The number of aliphatic carboxylic acids is 1. The van der Waals surface area contributed by atoms with Gasteiger partial charge in [0.25, 0.3) is 0 Å². The lowest BCUT2D eigenvalue weighted by Crippen LogP contribution is -2.42. The Morgan fingerprint density at radius 1 is 1.32 bits per heavy atom. The van der Waals surface area contributed by atoms with Crippen molar-refractivity contribution in [2.75, 3.05) is 6.54 Å². The van der Waals surface area contributed by atoms with Crippen LogP contribution in [-0.2, 0) is 16.1 Å². The topological polar surface area (TPSA) is 92.9 Å². The van der Waals surface area contributed by atoms with Crippen LogP contribution in [0.3, 0.4) is 0 Å². The average Bonchev–Trinajstić information content (AvgIpc) is 2.87. The Labute approximate surface area is 129 Å². The largest absolute Gasteiger partial charge is 0.481 e. The molecule has 1 aromatic rings. The van der Waals surface area contributed by atoms with Crippen LogP contribution in [0.2, 0.25) is 0 Å². The third kappa shape index (κ3) is 4.46. The molecule has 0 radical (unpaired) electrons. The third-order valence-electron chi connectivity index (χ3n) is 3.93. The van der Waals surface area contributed by atoms with Crippen molar-refractivity contribution >= 4 is 12.1 Å². The second-order valence-electron chi connectivity index (χ2n) is 5.54. The van der Waals surface area contributed by atoms with Crippen LogP contribution in [0.25, 0.3) is 0 Å². The highest BCUT2D eigenvalue weighted by Crippen LogP contribution is 2.22. The van der Waals surface area contributed by atoms with Crippen molar-refractivity contribution in [2.45, 2.75) is 44.4 Å². The summed E-state index contributed by atoms with van der Waals surface area (Å²) >= 11 is 0. The van der Waals surface area contributed by atoms with Crippen LogP contribution in [-0.4, -0.2) is 40.7 Å². The fourth-order valence-corrected chi connectivity index (χ4v) is 2.74. The van der Waals surface area contributed by atoms with Crippen molar-refractivity contribution in [3.63, 3.8) is 0 Å². The highest BCUT2D eigenvalue weighted by Gasteiger charge is 2.35. The molecular weight excluding hydrogens is 284 g/mol. The summed E-state index contributed by atoms with van der Waals surface area (Å²) in [6.07, 6.45) is 1.54. The first-order valence-electron chi connectivity index (χ1n) is 7.52. The normalized spacial score (nSPS) is 20.9. The van der Waals surface area contributed by atoms with Crippen molar-refractivity contribution in [1.82, 2.24) is 4.90 Å². The molecule has 6 nitrogen and oxygen atoms in total. The van der Waals surface area contributed by atoms with Crippen molar-refractivity contribution in [2.24, 2.45) is 5.73 Å². The van der Waals surface area contributed by atoms with Crippen molar-refractivity contribution in [3.8, 4) is 0 Å². The van der Waals surface area contributed by atoms with E-state index in [1.807, 2.05) is 30.3 Å². The van der Waals surface area contributed by atoms with Gasteiger partial charge in [0.05, 0.1) is 6.04 Å². The monoisotopic (exact) mass is 306 g/mol. The number of benzene rings is 1. The van der Waals surface area contributed by atoms with Gasteiger partial charge in [0.15, 0.2) is 0 Å². The maximum atomic E-state index is 12.2. The molecule has 0 unspecified atom stereocenters. The quantitative estimate of drug-likeness (QED) is 0.838. The first-order valence-corrected chi connectivity index (χ1v) is 7.52. The number of hydrogen-bond donors (Lipinski definition) is 2. The molecule has 1 aromatic carbocycles. The number of carboxylic acid groups (broad SMARTS) is 1. The Hall–Kier alpha value is -2.08. The molecule has 2 atom stereocenters. The van der Waals surface area contributed by atoms with E-state index in [0.717, 1.165) is 12.0 Å². The van der Waals surface area contributed by atoms with E-state index in [-0.39, 0.29) is 31.2 Å². The third-order valence-corrected chi connectivity index (χ3v) is 3.93. The molecule has 0 bridgehead atoms. The molecule has 1 aliphatic rings. The fraction of sp³-hybridized carbons (Fsp3) is 0.500. The zero-order valence-corrected chi connectivity index (χ0v) is 12.5. The summed E-state index contributed by atoms with van der Waals surface area (Å²) in [5.41, 5.74) is 6.97. The molecule has 120 valence electrons. The van der Waals surface area contributed by atoms with Crippen molar-refractivity contribution < 1.29 is 19.4 Å². The van der Waals surface area contributed by atoms with Crippen LogP contribution in [0.5, 0.6) is 0 Å². The van der Waals surface area contributed by atoms with Gasteiger partial charge in [-0.2, -0.15) is 0 Å². The molecule has 0 spiro atoms.